The Morgan fingerprint density at radius 2 is 1.59 bits per heavy atom. The molecule has 0 bridgehead atoms. The summed E-state index contributed by atoms with van der Waals surface area (Å²) in [7, 11) is -3.79. The van der Waals surface area contributed by atoms with Gasteiger partial charge in [-0.15, -0.1) is 0 Å². The highest BCUT2D eigenvalue weighted by Gasteiger charge is 2.17. The lowest BCUT2D eigenvalue weighted by Crippen LogP contribution is -2.15. The monoisotopic (exact) mass is 476 g/mol. The number of nitrogens with one attached hydrogen (secondary N) is 2. The molecule has 5 nitrogen and oxygen atoms in total. The summed E-state index contributed by atoms with van der Waals surface area (Å²) in [6.07, 6.45) is 0. The van der Waals surface area contributed by atoms with Crippen LogP contribution in [0.2, 0.25) is 0 Å². The topological polar surface area (TPSA) is 75.3 Å². The summed E-state index contributed by atoms with van der Waals surface area (Å²) in [5.74, 6) is -1.04. The zero-order valence-electron chi connectivity index (χ0n) is 15.7. The van der Waals surface area contributed by atoms with E-state index in [4.69, 9.17) is 0 Å². The highest BCUT2D eigenvalue weighted by molar-refractivity contribution is 9.10. The summed E-state index contributed by atoms with van der Waals surface area (Å²) >= 11 is 3.21. The van der Waals surface area contributed by atoms with E-state index in [1.54, 1.807) is 0 Å². The fourth-order valence-corrected chi connectivity index (χ4v) is 4.39. The number of aryl methyl sites for hydroxylation is 2. The first-order valence-electron chi connectivity index (χ1n) is 8.63. The van der Waals surface area contributed by atoms with Gasteiger partial charge in [-0.2, -0.15) is 0 Å². The Hall–Kier alpha value is -2.71. The second-order valence-electron chi connectivity index (χ2n) is 6.47. The number of para-hydroxylation sites is 1. The Morgan fingerprint density at radius 1 is 0.966 bits per heavy atom. The van der Waals surface area contributed by atoms with Crippen LogP contribution in [0.5, 0.6) is 0 Å². The molecule has 0 spiro atoms. The maximum atomic E-state index is 13.4. The van der Waals surface area contributed by atoms with Crippen LogP contribution >= 0.6 is 15.9 Å². The van der Waals surface area contributed by atoms with E-state index in [1.807, 2.05) is 32.0 Å². The van der Waals surface area contributed by atoms with Crippen molar-refractivity contribution in [1.29, 1.82) is 0 Å². The molecular weight excluding hydrogens is 459 g/mol. The quantitative estimate of drug-likeness (QED) is 0.527. The molecule has 0 fully saturated rings. The standard InChI is InChI=1S/C21H18BrFN2O3S/c1-13-4-3-5-14(2)20(13)25-29(27,28)17-9-7-16(8-10-17)24-21(26)18-12-15(23)6-11-19(18)22/h3-12,25H,1-2H3,(H,24,26). The number of hydrogen-bond acceptors (Lipinski definition) is 3. The van der Waals surface area contributed by atoms with Gasteiger partial charge in [-0.1, -0.05) is 18.2 Å². The van der Waals surface area contributed by atoms with Crippen molar-refractivity contribution < 1.29 is 17.6 Å². The van der Waals surface area contributed by atoms with E-state index in [-0.39, 0.29) is 10.5 Å². The molecule has 3 aromatic rings. The molecule has 0 atom stereocenters. The number of halogens is 2. The fourth-order valence-electron chi connectivity index (χ4n) is 2.76. The number of benzene rings is 3. The van der Waals surface area contributed by atoms with Gasteiger partial charge >= 0.3 is 0 Å². The summed E-state index contributed by atoms with van der Waals surface area (Å²) in [6.45, 7) is 3.65. The second kappa shape index (κ2) is 8.34. The Balaban J connectivity index is 1.79. The van der Waals surface area contributed by atoms with Gasteiger partial charge in [0.15, 0.2) is 0 Å². The molecular formula is C21H18BrFN2O3S. The van der Waals surface area contributed by atoms with Crippen LogP contribution in [0.25, 0.3) is 0 Å². The molecule has 29 heavy (non-hydrogen) atoms. The van der Waals surface area contributed by atoms with Crippen LogP contribution in [-0.2, 0) is 10.0 Å². The van der Waals surface area contributed by atoms with Crippen LogP contribution < -0.4 is 10.0 Å². The molecule has 8 heteroatoms. The molecule has 1 amide bonds. The van der Waals surface area contributed by atoms with Gasteiger partial charge in [-0.3, -0.25) is 9.52 Å². The minimum atomic E-state index is -3.79. The largest absolute Gasteiger partial charge is 0.322 e. The molecule has 2 N–H and O–H groups in total. The minimum Gasteiger partial charge on any atom is -0.322 e. The maximum Gasteiger partial charge on any atom is 0.261 e. The number of rotatable bonds is 5. The number of carbonyl (C=O) groups is 1. The lowest BCUT2D eigenvalue weighted by molar-refractivity contribution is 0.102. The first kappa shape index (κ1) is 21.0. The van der Waals surface area contributed by atoms with Crippen molar-refractivity contribution in [3.05, 3.63) is 87.6 Å². The van der Waals surface area contributed by atoms with Crippen molar-refractivity contribution >= 4 is 43.2 Å². The van der Waals surface area contributed by atoms with Crippen LogP contribution in [0.3, 0.4) is 0 Å². The minimum absolute atomic E-state index is 0.0603. The molecule has 0 aromatic heterocycles. The first-order valence-corrected chi connectivity index (χ1v) is 10.9. The fraction of sp³-hybridized carbons (Fsp3) is 0.0952. The summed E-state index contributed by atoms with van der Waals surface area (Å²) in [4.78, 5) is 12.4. The van der Waals surface area contributed by atoms with Gasteiger partial charge in [0.1, 0.15) is 5.82 Å². The van der Waals surface area contributed by atoms with Crippen molar-refractivity contribution in [1.82, 2.24) is 0 Å². The third kappa shape index (κ3) is 4.83. The molecule has 0 radical (unpaired) electrons. The smallest absolute Gasteiger partial charge is 0.261 e. The van der Waals surface area contributed by atoms with Gasteiger partial charge in [0.05, 0.1) is 16.1 Å². The molecule has 0 aliphatic carbocycles. The van der Waals surface area contributed by atoms with E-state index in [2.05, 4.69) is 26.0 Å². The first-order chi connectivity index (χ1) is 13.7. The molecule has 0 saturated carbocycles. The van der Waals surface area contributed by atoms with Gasteiger partial charge in [-0.05, 0) is 83.4 Å². The van der Waals surface area contributed by atoms with E-state index in [0.29, 0.717) is 15.8 Å². The molecule has 0 saturated heterocycles. The average Bonchev–Trinajstić information content (AvgIpc) is 2.67. The third-order valence-electron chi connectivity index (χ3n) is 4.31. The molecule has 3 rings (SSSR count). The summed E-state index contributed by atoms with van der Waals surface area (Å²) < 4.78 is 41.8. The van der Waals surface area contributed by atoms with Crippen molar-refractivity contribution in [3.63, 3.8) is 0 Å². The van der Waals surface area contributed by atoms with Crippen molar-refractivity contribution in [2.75, 3.05) is 10.0 Å². The van der Waals surface area contributed by atoms with E-state index in [0.717, 1.165) is 17.2 Å². The van der Waals surface area contributed by atoms with E-state index in [1.165, 1.54) is 36.4 Å². The average molecular weight is 477 g/mol. The number of carbonyl (C=O) groups excluding carboxylic acids is 1. The SMILES string of the molecule is Cc1cccc(C)c1NS(=O)(=O)c1ccc(NC(=O)c2cc(F)ccc2Br)cc1. The number of sulfonamides is 1. The third-order valence-corrected chi connectivity index (χ3v) is 6.37. The van der Waals surface area contributed by atoms with Crippen LogP contribution in [0.1, 0.15) is 21.5 Å². The van der Waals surface area contributed by atoms with Crippen LogP contribution in [0, 0.1) is 19.7 Å². The predicted molar refractivity (Wildman–Crippen MR) is 115 cm³/mol. The van der Waals surface area contributed by atoms with Crippen molar-refractivity contribution in [2.24, 2.45) is 0 Å². The Labute approximate surface area is 177 Å². The number of hydrogen-bond donors (Lipinski definition) is 2. The van der Waals surface area contributed by atoms with Gasteiger partial charge < -0.3 is 5.32 Å². The van der Waals surface area contributed by atoms with Gasteiger partial charge in [0.2, 0.25) is 0 Å². The lowest BCUT2D eigenvalue weighted by atomic mass is 10.1. The van der Waals surface area contributed by atoms with Crippen LogP contribution in [0.4, 0.5) is 15.8 Å². The Bertz CT molecular complexity index is 1160. The van der Waals surface area contributed by atoms with Crippen molar-refractivity contribution in [2.45, 2.75) is 18.7 Å². The molecule has 0 aliphatic heterocycles. The van der Waals surface area contributed by atoms with E-state index >= 15 is 0 Å². The van der Waals surface area contributed by atoms with Gasteiger partial charge in [0, 0.05) is 10.2 Å². The normalized spacial score (nSPS) is 11.2. The van der Waals surface area contributed by atoms with Crippen molar-refractivity contribution in [3.8, 4) is 0 Å². The van der Waals surface area contributed by atoms with Crippen LogP contribution in [-0.4, -0.2) is 14.3 Å². The highest BCUT2D eigenvalue weighted by atomic mass is 79.9. The van der Waals surface area contributed by atoms with Crippen LogP contribution in [0.15, 0.2) is 70.0 Å². The summed E-state index contributed by atoms with van der Waals surface area (Å²) in [5, 5.41) is 2.62. The Morgan fingerprint density at radius 3 is 2.21 bits per heavy atom. The predicted octanol–water partition coefficient (Wildman–Crippen LogP) is 5.26. The summed E-state index contributed by atoms with van der Waals surface area (Å²) in [6, 6.07) is 15.1. The highest BCUT2D eigenvalue weighted by Crippen LogP contribution is 2.25. The molecule has 0 heterocycles. The van der Waals surface area contributed by atoms with E-state index < -0.39 is 21.7 Å². The van der Waals surface area contributed by atoms with Gasteiger partial charge in [0.25, 0.3) is 15.9 Å². The summed E-state index contributed by atoms with van der Waals surface area (Å²) in [5.41, 5.74) is 2.70. The molecule has 0 aliphatic rings. The maximum absolute atomic E-state index is 13.4. The number of amides is 1. The molecule has 0 unspecified atom stereocenters. The van der Waals surface area contributed by atoms with E-state index in [9.17, 15) is 17.6 Å². The second-order valence-corrected chi connectivity index (χ2v) is 9.01. The number of anilines is 2. The zero-order chi connectivity index (χ0) is 21.2. The molecule has 3 aromatic carbocycles. The zero-order valence-corrected chi connectivity index (χ0v) is 18.1. The molecule has 150 valence electrons. The Kier molecular flexibility index (Phi) is 6.04. The van der Waals surface area contributed by atoms with Gasteiger partial charge in [-0.25, -0.2) is 12.8 Å². The lowest BCUT2D eigenvalue weighted by Gasteiger charge is -2.13.